The molecular formula is C21H35N3O4S. The molecule has 0 radical (unpaired) electrons. The van der Waals surface area contributed by atoms with Gasteiger partial charge in [0.25, 0.3) is 0 Å². The van der Waals surface area contributed by atoms with E-state index in [1.807, 2.05) is 11.8 Å². The van der Waals surface area contributed by atoms with Gasteiger partial charge >= 0.3 is 0 Å². The Kier molecular flexibility index (Phi) is 8.92. The summed E-state index contributed by atoms with van der Waals surface area (Å²) in [6, 6.07) is 6.59. The molecule has 1 aliphatic heterocycles. The summed E-state index contributed by atoms with van der Waals surface area (Å²) in [5.74, 6) is 1.31. The Hall–Kier alpha value is -1.64. The number of amides is 1. The van der Waals surface area contributed by atoms with Crippen LogP contribution in [0, 0.1) is 5.92 Å². The minimum Gasteiger partial charge on any atom is -0.497 e. The van der Waals surface area contributed by atoms with Gasteiger partial charge in [-0.2, -0.15) is 4.31 Å². The van der Waals surface area contributed by atoms with Crippen molar-refractivity contribution in [1.29, 1.82) is 0 Å². The Balaban J connectivity index is 1.78. The molecule has 0 unspecified atom stereocenters. The lowest BCUT2D eigenvalue weighted by Gasteiger charge is -2.33. The van der Waals surface area contributed by atoms with E-state index in [9.17, 15) is 13.2 Å². The van der Waals surface area contributed by atoms with Gasteiger partial charge in [0.05, 0.1) is 18.6 Å². The monoisotopic (exact) mass is 425 g/mol. The van der Waals surface area contributed by atoms with E-state index in [0.29, 0.717) is 44.4 Å². The van der Waals surface area contributed by atoms with Gasteiger partial charge in [-0.1, -0.05) is 26.7 Å². The summed E-state index contributed by atoms with van der Waals surface area (Å²) in [6.45, 7) is 8.62. The molecule has 1 aromatic carbocycles. The zero-order valence-corrected chi connectivity index (χ0v) is 18.9. The van der Waals surface area contributed by atoms with E-state index in [-0.39, 0.29) is 16.8 Å². The van der Waals surface area contributed by atoms with Crippen molar-refractivity contribution in [2.75, 3.05) is 39.8 Å². The molecule has 8 heteroatoms. The van der Waals surface area contributed by atoms with Crippen molar-refractivity contribution >= 4 is 15.9 Å². The molecule has 1 aliphatic rings. The Bertz CT molecular complexity index is 742. The molecule has 1 fully saturated rings. The van der Waals surface area contributed by atoms with Crippen molar-refractivity contribution in [2.24, 2.45) is 5.92 Å². The van der Waals surface area contributed by atoms with E-state index in [4.69, 9.17) is 4.74 Å². The molecule has 1 heterocycles. The van der Waals surface area contributed by atoms with E-state index in [2.05, 4.69) is 19.2 Å². The Morgan fingerprint density at radius 2 is 1.69 bits per heavy atom. The van der Waals surface area contributed by atoms with Crippen LogP contribution in [0.3, 0.4) is 0 Å². The summed E-state index contributed by atoms with van der Waals surface area (Å²) in [7, 11) is -1.98. The first-order chi connectivity index (χ1) is 13.7. The molecule has 2 rings (SSSR count). The first kappa shape index (κ1) is 23.6. The number of rotatable bonds is 10. The molecule has 0 bridgehead atoms. The molecule has 0 spiro atoms. The Morgan fingerprint density at radius 3 is 2.24 bits per heavy atom. The van der Waals surface area contributed by atoms with Crippen LogP contribution in [0.25, 0.3) is 0 Å². The molecule has 164 valence electrons. The number of carbonyl (C=O) groups is 1. The normalized spacial score (nSPS) is 17.3. The fourth-order valence-corrected chi connectivity index (χ4v) is 4.87. The average molecular weight is 426 g/mol. The van der Waals surface area contributed by atoms with Crippen LogP contribution in [0.2, 0.25) is 0 Å². The third-order valence-corrected chi connectivity index (χ3v) is 7.13. The van der Waals surface area contributed by atoms with Crippen LogP contribution in [0.5, 0.6) is 5.75 Å². The fourth-order valence-electron chi connectivity index (χ4n) is 3.45. The second-order valence-electron chi connectivity index (χ2n) is 8.15. The molecule has 0 aliphatic carbocycles. The van der Waals surface area contributed by atoms with Crippen molar-refractivity contribution in [3.63, 3.8) is 0 Å². The largest absolute Gasteiger partial charge is 0.497 e. The molecule has 29 heavy (non-hydrogen) atoms. The standard InChI is InChI=1S/C21H35N3O4S/c1-17(2)6-5-7-18(3)22-21(25)16-23-12-14-24(15-13-23)29(26,27)20-10-8-19(28-4)9-11-20/h8-11,17-18H,5-7,12-16H2,1-4H3,(H,22,25)/t18-/m1/s1. The zero-order valence-electron chi connectivity index (χ0n) is 18.1. The quantitative estimate of drug-likeness (QED) is 0.622. The number of carbonyl (C=O) groups excluding carboxylic acids is 1. The number of nitrogens with zero attached hydrogens (tertiary/aromatic N) is 2. The third kappa shape index (κ3) is 7.28. The SMILES string of the molecule is COc1ccc(S(=O)(=O)N2CCN(CC(=O)N[C@H](C)CCCC(C)C)CC2)cc1. The Morgan fingerprint density at radius 1 is 1.07 bits per heavy atom. The molecule has 1 saturated heterocycles. The highest BCUT2D eigenvalue weighted by molar-refractivity contribution is 7.89. The average Bonchev–Trinajstić information content (AvgIpc) is 2.68. The summed E-state index contributed by atoms with van der Waals surface area (Å²) in [5, 5.41) is 3.05. The highest BCUT2D eigenvalue weighted by Gasteiger charge is 2.29. The summed E-state index contributed by atoms with van der Waals surface area (Å²) in [6.07, 6.45) is 3.27. The first-order valence-electron chi connectivity index (χ1n) is 10.4. The van der Waals surface area contributed by atoms with E-state index in [0.717, 1.165) is 12.8 Å². The number of nitrogens with one attached hydrogen (secondary N) is 1. The van der Waals surface area contributed by atoms with Crippen LogP contribution in [0.4, 0.5) is 0 Å². The van der Waals surface area contributed by atoms with Crippen LogP contribution >= 0.6 is 0 Å². The minimum atomic E-state index is -3.52. The van der Waals surface area contributed by atoms with Gasteiger partial charge in [0.2, 0.25) is 15.9 Å². The highest BCUT2D eigenvalue weighted by Crippen LogP contribution is 2.20. The number of hydrogen-bond acceptors (Lipinski definition) is 5. The third-order valence-electron chi connectivity index (χ3n) is 5.22. The van der Waals surface area contributed by atoms with Crippen LogP contribution in [0.15, 0.2) is 29.2 Å². The van der Waals surface area contributed by atoms with E-state index < -0.39 is 10.0 Å². The van der Waals surface area contributed by atoms with Crippen LogP contribution in [0.1, 0.15) is 40.0 Å². The van der Waals surface area contributed by atoms with Crippen molar-refractivity contribution < 1.29 is 17.9 Å². The van der Waals surface area contributed by atoms with E-state index in [1.165, 1.54) is 10.7 Å². The van der Waals surface area contributed by atoms with Gasteiger partial charge in [-0.05, 0) is 43.5 Å². The summed E-state index contributed by atoms with van der Waals surface area (Å²) in [4.78, 5) is 14.6. The maximum Gasteiger partial charge on any atom is 0.243 e. The number of sulfonamides is 1. The maximum atomic E-state index is 12.8. The smallest absolute Gasteiger partial charge is 0.243 e. The van der Waals surface area contributed by atoms with Crippen molar-refractivity contribution in [3.05, 3.63) is 24.3 Å². The predicted octanol–water partition coefficient (Wildman–Crippen LogP) is 2.33. The van der Waals surface area contributed by atoms with Gasteiger partial charge in [0.15, 0.2) is 0 Å². The van der Waals surface area contributed by atoms with Crippen LogP contribution < -0.4 is 10.1 Å². The van der Waals surface area contributed by atoms with Gasteiger partial charge in [-0.3, -0.25) is 9.69 Å². The fraction of sp³-hybridized carbons (Fsp3) is 0.667. The first-order valence-corrected chi connectivity index (χ1v) is 11.8. The summed E-state index contributed by atoms with van der Waals surface area (Å²) < 4.78 is 32.2. The highest BCUT2D eigenvalue weighted by atomic mass is 32.2. The van der Waals surface area contributed by atoms with Crippen LogP contribution in [-0.4, -0.2) is 69.4 Å². The van der Waals surface area contributed by atoms with Crippen molar-refractivity contribution in [2.45, 2.75) is 51.0 Å². The molecule has 1 amide bonds. The zero-order chi connectivity index (χ0) is 21.4. The number of ether oxygens (including phenoxy) is 1. The summed E-state index contributed by atoms with van der Waals surface area (Å²) >= 11 is 0. The van der Waals surface area contributed by atoms with E-state index in [1.54, 1.807) is 31.4 Å². The molecular weight excluding hydrogens is 390 g/mol. The molecule has 0 saturated carbocycles. The Labute approximate surface area is 175 Å². The second-order valence-corrected chi connectivity index (χ2v) is 10.1. The number of hydrogen-bond donors (Lipinski definition) is 1. The van der Waals surface area contributed by atoms with Crippen molar-refractivity contribution in [3.8, 4) is 5.75 Å². The molecule has 1 aromatic rings. The number of piperazine rings is 1. The second kappa shape index (κ2) is 10.9. The van der Waals surface area contributed by atoms with Gasteiger partial charge in [-0.15, -0.1) is 0 Å². The lowest BCUT2D eigenvalue weighted by Crippen LogP contribution is -2.51. The lowest BCUT2D eigenvalue weighted by atomic mass is 10.0. The molecule has 7 nitrogen and oxygen atoms in total. The number of methoxy groups -OCH3 is 1. The minimum absolute atomic E-state index is 0.00788. The maximum absolute atomic E-state index is 12.8. The van der Waals surface area contributed by atoms with Crippen molar-refractivity contribution in [1.82, 2.24) is 14.5 Å². The van der Waals surface area contributed by atoms with Gasteiger partial charge in [0, 0.05) is 32.2 Å². The topological polar surface area (TPSA) is 79.0 Å². The van der Waals surface area contributed by atoms with Gasteiger partial charge in [0.1, 0.15) is 5.75 Å². The van der Waals surface area contributed by atoms with Crippen LogP contribution in [-0.2, 0) is 14.8 Å². The molecule has 1 atom stereocenters. The van der Waals surface area contributed by atoms with E-state index >= 15 is 0 Å². The predicted molar refractivity (Wildman–Crippen MR) is 114 cm³/mol. The van der Waals surface area contributed by atoms with Gasteiger partial charge in [-0.25, -0.2) is 8.42 Å². The number of benzene rings is 1. The molecule has 0 aromatic heterocycles. The molecule has 1 N–H and O–H groups in total. The summed E-state index contributed by atoms with van der Waals surface area (Å²) in [5.41, 5.74) is 0. The van der Waals surface area contributed by atoms with Gasteiger partial charge < -0.3 is 10.1 Å². The lowest BCUT2D eigenvalue weighted by molar-refractivity contribution is -0.123.